The van der Waals surface area contributed by atoms with Gasteiger partial charge < -0.3 is 60.5 Å². The molecule has 0 aliphatic carbocycles. The van der Waals surface area contributed by atoms with Crippen LogP contribution in [-0.4, -0.2) is 240 Å². The molecule has 4 N–H and O–H groups in total. The third kappa shape index (κ3) is 22.5. The molecule has 2 heterocycles. The molecule has 2 aliphatic rings. The van der Waals surface area contributed by atoms with Crippen LogP contribution in [0.25, 0.3) is 0 Å². The lowest BCUT2D eigenvalue weighted by Gasteiger charge is -2.39. The number of carbonyl (C=O) groups is 12. The van der Waals surface area contributed by atoms with Crippen LogP contribution in [-0.2, 0) is 70.4 Å². The van der Waals surface area contributed by atoms with Crippen molar-refractivity contribution < 1.29 is 57.5 Å². The van der Waals surface area contributed by atoms with Crippen molar-refractivity contribution in [1.29, 1.82) is 0 Å². The summed E-state index contributed by atoms with van der Waals surface area (Å²) in [5.41, 5.74) is -0.00123. The fourth-order valence-corrected chi connectivity index (χ4v) is 12.0. The van der Waals surface area contributed by atoms with Gasteiger partial charge in [-0.25, -0.2) is 0 Å². The summed E-state index contributed by atoms with van der Waals surface area (Å²) in [4.78, 5) is 186. The lowest BCUT2D eigenvalue weighted by molar-refractivity contribution is -0.152. The molecule has 2 aromatic carbocycles. The van der Waals surface area contributed by atoms with E-state index in [9.17, 15) is 52.7 Å². The summed E-state index contributed by atoms with van der Waals surface area (Å²) in [7, 11) is 9.70. The molecule has 0 aromatic heterocycles. The van der Waals surface area contributed by atoms with Gasteiger partial charge >= 0.3 is 0 Å². The van der Waals surface area contributed by atoms with Crippen molar-refractivity contribution in [1.82, 2.24) is 60.5 Å². The maximum Gasteiger partial charge on any atom is 0.246 e. The van der Waals surface area contributed by atoms with Crippen molar-refractivity contribution in [2.24, 2.45) is 17.8 Å². The Bertz CT molecular complexity index is 3070. The molecular formula is C68H102ClIN12O12. The van der Waals surface area contributed by atoms with Gasteiger partial charge in [0.1, 0.15) is 47.8 Å². The maximum atomic E-state index is 15.1. The zero-order chi connectivity index (χ0) is 70.8. The minimum atomic E-state index is -1.73. The standard InChI is InChI=1S/C68H102ClIN12O12/c1-18-44(8)59-66(93)77(13)39-57(85)75(11)40-58(86)79(15)53(36-45-25-27-47(69)28-26-45)64(91)76(12)38-55(83)71-49(35-46-23-22-24-48(70)34-46)60(87)72-51(32-42(4)5)63(90)81(17)68(9,10)67(94)73-50(31-41(2)3)62(89)80(16)54(65(92)82-29-20-19-21-30-82)37-56(84)78(14)52(33-43(6)7)61(88)74-59/h22-28,34,41,43-44,49-54,59H,4,18-21,29-33,35-40H2,1-3,5-17H3,(H,71,83)(H,72,87)(H,73,94)(H,74,88)/t44-,49-,50-,51-,52-,53-,54-,59-/m0/s1. The Morgan fingerprint density at radius 2 is 1.20 bits per heavy atom. The van der Waals surface area contributed by atoms with E-state index >= 15 is 4.79 Å². The first-order valence-corrected chi connectivity index (χ1v) is 33.8. The van der Waals surface area contributed by atoms with E-state index in [0.717, 1.165) is 29.6 Å². The van der Waals surface area contributed by atoms with E-state index in [2.05, 4.69) is 50.4 Å². The molecule has 2 aliphatic heterocycles. The Balaban J connectivity index is 1.89. The number of piperidine rings is 1. The number of nitrogens with one attached hydrogen (secondary N) is 4. The summed E-state index contributed by atoms with van der Waals surface area (Å²) < 4.78 is 0.831. The van der Waals surface area contributed by atoms with E-state index in [1.54, 1.807) is 55.1 Å². The molecule has 0 bridgehead atoms. The number of halogens is 2. The van der Waals surface area contributed by atoms with E-state index in [1.165, 1.54) is 77.9 Å². The summed E-state index contributed by atoms with van der Waals surface area (Å²) in [6.07, 6.45) is 2.06. The van der Waals surface area contributed by atoms with Crippen molar-refractivity contribution in [2.75, 3.05) is 82.1 Å². The quantitative estimate of drug-likeness (QED) is 0.162. The Hall–Kier alpha value is -7.16. The number of amides is 12. The van der Waals surface area contributed by atoms with Crippen LogP contribution in [0.2, 0.25) is 5.02 Å². The summed E-state index contributed by atoms with van der Waals surface area (Å²) in [6, 6.07) is 4.76. The minimum absolute atomic E-state index is 0.0561. The van der Waals surface area contributed by atoms with Crippen molar-refractivity contribution in [3.63, 3.8) is 0 Å². The molecule has 12 amide bonds. The molecule has 8 atom stereocenters. The Morgan fingerprint density at radius 1 is 0.617 bits per heavy atom. The monoisotopic (exact) mass is 1440 g/mol. The van der Waals surface area contributed by atoms with Crippen LogP contribution in [0, 0.1) is 21.3 Å². The normalized spacial score (nSPS) is 23.9. The molecule has 94 heavy (non-hydrogen) atoms. The minimum Gasteiger partial charge on any atom is -0.342 e. The second kappa shape index (κ2) is 36.1. The topological polar surface area (TPSA) is 279 Å². The van der Waals surface area contributed by atoms with Crippen LogP contribution in [0.4, 0.5) is 0 Å². The Morgan fingerprint density at radius 3 is 1.78 bits per heavy atom. The van der Waals surface area contributed by atoms with Crippen LogP contribution in [0.1, 0.15) is 125 Å². The predicted octanol–water partition coefficient (Wildman–Crippen LogP) is 4.28. The second-order valence-corrected chi connectivity index (χ2v) is 28.5. The fourth-order valence-electron chi connectivity index (χ4n) is 11.3. The van der Waals surface area contributed by atoms with Crippen molar-refractivity contribution >= 4 is 105 Å². The number of hydrogen-bond donors (Lipinski definition) is 4. The van der Waals surface area contributed by atoms with E-state index < -0.39 is 151 Å². The molecular weight excluding hydrogens is 1340 g/mol. The van der Waals surface area contributed by atoms with Gasteiger partial charge in [0.2, 0.25) is 70.9 Å². The first kappa shape index (κ1) is 79.3. The van der Waals surface area contributed by atoms with Gasteiger partial charge in [-0.05, 0) is 135 Å². The van der Waals surface area contributed by atoms with Gasteiger partial charge in [0.15, 0.2) is 0 Å². The number of hydrogen-bond acceptors (Lipinski definition) is 12. The lowest BCUT2D eigenvalue weighted by Crippen LogP contribution is -2.63. The fraction of sp³-hybridized carbons (Fsp3) is 0.618. The highest BCUT2D eigenvalue weighted by atomic mass is 127. The lowest BCUT2D eigenvalue weighted by atomic mass is 9.95. The summed E-state index contributed by atoms with van der Waals surface area (Å²) in [5.74, 6) is -9.12. The smallest absolute Gasteiger partial charge is 0.246 e. The molecule has 0 spiro atoms. The zero-order valence-corrected chi connectivity index (χ0v) is 60.9. The predicted molar refractivity (Wildman–Crippen MR) is 368 cm³/mol. The second-order valence-electron chi connectivity index (χ2n) is 26.9. The van der Waals surface area contributed by atoms with Gasteiger partial charge in [0, 0.05) is 83.9 Å². The van der Waals surface area contributed by atoms with E-state index in [1.807, 2.05) is 46.8 Å². The number of carbonyl (C=O) groups excluding carboxylic acids is 12. The highest BCUT2D eigenvalue weighted by Gasteiger charge is 2.44. The molecule has 4 rings (SSSR count). The highest BCUT2D eigenvalue weighted by Crippen LogP contribution is 2.24. The van der Waals surface area contributed by atoms with E-state index in [4.69, 9.17) is 11.6 Å². The van der Waals surface area contributed by atoms with Gasteiger partial charge in [-0.1, -0.05) is 89.4 Å². The largest absolute Gasteiger partial charge is 0.342 e. The van der Waals surface area contributed by atoms with Crippen LogP contribution in [0.5, 0.6) is 0 Å². The summed E-state index contributed by atoms with van der Waals surface area (Å²) in [5, 5.41) is 11.8. The molecule has 520 valence electrons. The van der Waals surface area contributed by atoms with Crippen molar-refractivity contribution in [3.05, 3.63) is 80.4 Å². The van der Waals surface area contributed by atoms with Gasteiger partial charge in [-0.15, -0.1) is 6.58 Å². The van der Waals surface area contributed by atoms with Crippen LogP contribution in [0.3, 0.4) is 0 Å². The van der Waals surface area contributed by atoms with E-state index in [0.29, 0.717) is 54.1 Å². The van der Waals surface area contributed by atoms with Gasteiger partial charge in [-0.2, -0.15) is 0 Å². The molecule has 0 radical (unpaired) electrons. The van der Waals surface area contributed by atoms with Crippen LogP contribution < -0.4 is 21.3 Å². The van der Waals surface area contributed by atoms with E-state index in [-0.39, 0.29) is 43.9 Å². The third-order valence-electron chi connectivity index (χ3n) is 17.7. The van der Waals surface area contributed by atoms with Gasteiger partial charge in [0.25, 0.3) is 0 Å². The molecule has 26 heteroatoms. The molecule has 2 fully saturated rings. The Labute approximate surface area is 574 Å². The Kier molecular flexibility index (Phi) is 30.4. The number of rotatable bonds is 13. The molecule has 2 aromatic rings. The van der Waals surface area contributed by atoms with Crippen molar-refractivity contribution in [2.45, 2.75) is 174 Å². The summed E-state index contributed by atoms with van der Waals surface area (Å²) in [6.45, 7) is 18.7. The van der Waals surface area contributed by atoms with Crippen LogP contribution >= 0.6 is 34.2 Å². The third-order valence-corrected chi connectivity index (χ3v) is 18.7. The number of benzene rings is 2. The highest BCUT2D eigenvalue weighted by molar-refractivity contribution is 14.1. The number of nitrogens with zero attached hydrogens (tertiary/aromatic N) is 8. The van der Waals surface area contributed by atoms with Gasteiger partial charge in [0.05, 0.1) is 26.1 Å². The average molecular weight is 1440 g/mol. The number of likely N-dealkylation sites (tertiary alicyclic amines) is 1. The SMILES string of the molecule is C=C(C)C[C@@H]1NC(=O)[C@H](Cc2cccc(I)c2)NC(=O)CN(C)C(=O)[C@H](Cc2ccc(Cl)cc2)N(C)C(=O)CN(C)C(=O)CN(C)C(=O)[C@H]([C@@H](C)CC)NC(=O)[C@H](CC(C)C)N(C)C(=O)C[C@@H](C(=O)N2CCCCC2)N(C)C(=O)[C@H](CC(C)C)NC(=O)C(C)(C)N(C)C1=O. The first-order chi connectivity index (χ1) is 43.9. The summed E-state index contributed by atoms with van der Waals surface area (Å²) >= 11 is 8.35. The average Bonchev–Trinajstić information content (AvgIpc) is 0.825. The molecule has 0 saturated carbocycles. The maximum absolute atomic E-state index is 15.1. The number of likely N-dealkylation sites (N-methyl/N-ethyl adjacent to an activating group) is 7. The van der Waals surface area contributed by atoms with Crippen molar-refractivity contribution in [3.8, 4) is 0 Å². The molecule has 0 unspecified atom stereocenters. The molecule has 2 saturated heterocycles. The zero-order valence-electron chi connectivity index (χ0n) is 57.9. The molecule has 24 nitrogen and oxygen atoms in total. The first-order valence-electron chi connectivity index (χ1n) is 32.3. The van der Waals surface area contributed by atoms with Crippen LogP contribution in [0.15, 0.2) is 60.7 Å². The van der Waals surface area contributed by atoms with Gasteiger partial charge in [-0.3, -0.25) is 57.5 Å².